The van der Waals surface area contributed by atoms with Crippen molar-refractivity contribution in [3.8, 4) is 0 Å². The van der Waals surface area contributed by atoms with Crippen molar-refractivity contribution >= 4 is 5.91 Å². The Labute approximate surface area is 114 Å². The summed E-state index contributed by atoms with van der Waals surface area (Å²) in [5.74, 6) is -0.0733. The van der Waals surface area contributed by atoms with Gasteiger partial charge in [0.1, 0.15) is 5.82 Å². The highest BCUT2D eigenvalue weighted by Crippen LogP contribution is 2.05. The third-order valence-electron chi connectivity index (χ3n) is 3.06. The Balaban J connectivity index is 2.20. The van der Waals surface area contributed by atoms with Gasteiger partial charge in [0.2, 0.25) is 5.91 Å². The van der Waals surface area contributed by atoms with E-state index in [1.807, 2.05) is 13.1 Å². The molecule has 0 aromatic heterocycles. The van der Waals surface area contributed by atoms with Gasteiger partial charge in [0.25, 0.3) is 0 Å². The van der Waals surface area contributed by atoms with Crippen LogP contribution in [0.1, 0.15) is 31.7 Å². The molecule has 19 heavy (non-hydrogen) atoms. The lowest BCUT2D eigenvalue weighted by Crippen LogP contribution is -2.30. The molecule has 0 saturated carbocycles. The van der Waals surface area contributed by atoms with E-state index in [2.05, 4.69) is 12.2 Å². The van der Waals surface area contributed by atoms with Crippen molar-refractivity contribution < 1.29 is 9.18 Å². The number of halogens is 1. The summed E-state index contributed by atoms with van der Waals surface area (Å²) in [4.78, 5) is 13.5. The quantitative estimate of drug-likeness (QED) is 0.733. The highest BCUT2D eigenvalue weighted by atomic mass is 19.1. The zero-order chi connectivity index (χ0) is 14.1. The summed E-state index contributed by atoms with van der Waals surface area (Å²) in [5, 5.41) is 3.10. The molecule has 0 bridgehead atoms. The third-order valence-corrected chi connectivity index (χ3v) is 3.06. The number of carbonyl (C=O) groups excluding carboxylic acids is 1. The molecule has 0 heterocycles. The van der Waals surface area contributed by atoms with E-state index >= 15 is 0 Å². The van der Waals surface area contributed by atoms with Crippen LogP contribution in [0.4, 0.5) is 4.39 Å². The van der Waals surface area contributed by atoms with Crippen molar-refractivity contribution in [2.24, 2.45) is 0 Å². The Morgan fingerprint density at radius 2 is 2.11 bits per heavy atom. The summed E-state index contributed by atoms with van der Waals surface area (Å²) in [6, 6.07) is 6.67. The number of nitrogens with zero attached hydrogens (tertiary/aromatic N) is 1. The Kier molecular flexibility index (Phi) is 7.11. The summed E-state index contributed by atoms with van der Waals surface area (Å²) in [7, 11) is 1.83. The van der Waals surface area contributed by atoms with Crippen molar-refractivity contribution in [1.82, 2.24) is 10.2 Å². The topological polar surface area (TPSA) is 32.3 Å². The lowest BCUT2D eigenvalue weighted by atomic mass is 10.2. The minimum absolute atomic E-state index is 0.134. The van der Waals surface area contributed by atoms with Gasteiger partial charge >= 0.3 is 0 Å². The van der Waals surface area contributed by atoms with E-state index in [1.165, 1.54) is 6.07 Å². The van der Waals surface area contributed by atoms with Crippen LogP contribution >= 0.6 is 0 Å². The molecule has 4 heteroatoms. The molecule has 1 aromatic rings. The van der Waals surface area contributed by atoms with Gasteiger partial charge in [-0.15, -0.1) is 0 Å². The van der Waals surface area contributed by atoms with Crippen LogP contribution in [0.5, 0.6) is 0 Å². The molecule has 0 saturated heterocycles. The van der Waals surface area contributed by atoms with E-state index in [-0.39, 0.29) is 11.7 Å². The van der Waals surface area contributed by atoms with E-state index < -0.39 is 0 Å². The van der Waals surface area contributed by atoms with Crippen LogP contribution in [-0.4, -0.2) is 30.9 Å². The number of nitrogens with one attached hydrogen (secondary N) is 1. The first-order chi connectivity index (χ1) is 9.15. The fraction of sp³-hybridized carbons (Fsp3) is 0.533. The van der Waals surface area contributed by atoms with Crippen LogP contribution in [0.2, 0.25) is 0 Å². The number of carbonyl (C=O) groups is 1. The zero-order valence-electron chi connectivity index (χ0n) is 11.8. The third kappa shape index (κ3) is 5.83. The van der Waals surface area contributed by atoms with Gasteiger partial charge in [0.15, 0.2) is 0 Å². The lowest BCUT2D eigenvalue weighted by molar-refractivity contribution is -0.129. The first-order valence-corrected chi connectivity index (χ1v) is 6.83. The van der Waals surface area contributed by atoms with Gasteiger partial charge in [-0.2, -0.15) is 0 Å². The van der Waals surface area contributed by atoms with Gasteiger partial charge in [-0.1, -0.05) is 31.5 Å². The number of unbranched alkanes of at least 4 members (excludes halogenated alkanes) is 1. The molecular formula is C15H23FN2O. The second-order valence-electron chi connectivity index (χ2n) is 4.69. The molecule has 1 N–H and O–H groups in total. The maximum absolute atomic E-state index is 13.3. The average molecular weight is 266 g/mol. The smallest absolute Gasteiger partial charge is 0.223 e. The van der Waals surface area contributed by atoms with E-state index in [1.54, 1.807) is 17.0 Å². The van der Waals surface area contributed by atoms with E-state index in [4.69, 9.17) is 0 Å². The molecule has 106 valence electrons. The molecule has 0 spiro atoms. The second-order valence-corrected chi connectivity index (χ2v) is 4.69. The molecule has 0 radical (unpaired) electrons. The number of hydrogen-bond acceptors (Lipinski definition) is 2. The predicted octanol–water partition coefficient (Wildman–Crippen LogP) is 2.56. The molecule has 0 unspecified atom stereocenters. The summed E-state index contributed by atoms with van der Waals surface area (Å²) in [6.45, 7) is 3.94. The van der Waals surface area contributed by atoms with E-state index in [9.17, 15) is 9.18 Å². The van der Waals surface area contributed by atoms with Crippen molar-refractivity contribution in [2.75, 3.05) is 20.1 Å². The van der Waals surface area contributed by atoms with Gasteiger partial charge < -0.3 is 10.2 Å². The largest absolute Gasteiger partial charge is 0.346 e. The highest BCUT2D eigenvalue weighted by Gasteiger charge is 2.07. The van der Waals surface area contributed by atoms with Gasteiger partial charge in [-0.25, -0.2) is 4.39 Å². The fourth-order valence-corrected chi connectivity index (χ4v) is 1.77. The van der Waals surface area contributed by atoms with Gasteiger partial charge in [-0.3, -0.25) is 4.79 Å². The molecule has 0 aliphatic rings. The maximum atomic E-state index is 13.3. The summed E-state index contributed by atoms with van der Waals surface area (Å²) >= 11 is 0. The van der Waals surface area contributed by atoms with Crippen molar-refractivity contribution in [3.05, 3.63) is 35.6 Å². The Morgan fingerprint density at radius 1 is 1.37 bits per heavy atom. The number of benzene rings is 1. The SMILES string of the molecule is CCCCN(C)C(=O)CCNCc1ccccc1F. The van der Waals surface area contributed by atoms with Gasteiger partial charge in [0.05, 0.1) is 0 Å². The van der Waals surface area contributed by atoms with Crippen molar-refractivity contribution in [2.45, 2.75) is 32.7 Å². The van der Waals surface area contributed by atoms with Crippen LogP contribution in [0, 0.1) is 5.82 Å². The Morgan fingerprint density at radius 3 is 2.79 bits per heavy atom. The average Bonchev–Trinajstić information content (AvgIpc) is 2.42. The van der Waals surface area contributed by atoms with Crippen LogP contribution in [0.25, 0.3) is 0 Å². The van der Waals surface area contributed by atoms with Crippen molar-refractivity contribution in [1.29, 1.82) is 0 Å². The summed E-state index contributed by atoms with van der Waals surface area (Å²) < 4.78 is 13.3. The molecule has 0 atom stereocenters. The van der Waals surface area contributed by atoms with Crippen LogP contribution in [0.15, 0.2) is 24.3 Å². The second kappa shape index (κ2) is 8.64. The molecule has 1 amide bonds. The summed E-state index contributed by atoms with van der Waals surface area (Å²) in [6.07, 6.45) is 2.57. The molecule has 3 nitrogen and oxygen atoms in total. The molecule has 0 aliphatic carbocycles. The molecule has 1 rings (SSSR count). The Hall–Kier alpha value is -1.42. The minimum atomic E-state index is -0.207. The molecular weight excluding hydrogens is 243 g/mol. The van der Waals surface area contributed by atoms with Crippen LogP contribution in [0.3, 0.4) is 0 Å². The number of rotatable bonds is 8. The standard InChI is InChI=1S/C15H23FN2O/c1-3-4-11-18(2)15(19)9-10-17-12-13-7-5-6-8-14(13)16/h5-8,17H,3-4,9-12H2,1-2H3. The molecule has 1 aromatic carbocycles. The predicted molar refractivity (Wildman–Crippen MR) is 75.3 cm³/mol. The highest BCUT2D eigenvalue weighted by molar-refractivity contribution is 5.76. The van der Waals surface area contributed by atoms with E-state index in [0.717, 1.165) is 19.4 Å². The van der Waals surface area contributed by atoms with Crippen LogP contribution in [-0.2, 0) is 11.3 Å². The normalized spacial score (nSPS) is 10.5. The molecule has 0 aliphatic heterocycles. The van der Waals surface area contributed by atoms with Gasteiger partial charge in [0, 0.05) is 38.7 Å². The molecule has 0 fully saturated rings. The van der Waals surface area contributed by atoms with Crippen molar-refractivity contribution in [3.63, 3.8) is 0 Å². The number of hydrogen-bond donors (Lipinski definition) is 1. The lowest BCUT2D eigenvalue weighted by Gasteiger charge is -2.16. The van der Waals surface area contributed by atoms with Gasteiger partial charge in [-0.05, 0) is 12.5 Å². The first kappa shape index (κ1) is 15.6. The zero-order valence-corrected chi connectivity index (χ0v) is 11.8. The van der Waals surface area contributed by atoms with E-state index in [0.29, 0.717) is 25.1 Å². The minimum Gasteiger partial charge on any atom is -0.346 e. The Bertz CT molecular complexity index is 395. The van der Waals surface area contributed by atoms with Crippen LogP contribution < -0.4 is 5.32 Å². The fourth-order valence-electron chi connectivity index (χ4n) is 1.77. The first-order valence-electron chi connectivity index (χ1n) is 6.83. The maximum Gasteiger partial charge on any atom is 0.223 e. The summed E-state index contributed by atoms with van der Waals surface area (Å²) in [5.41, 5.74) is 0.634. The monoisotopic (exact) mass is 266 g/mol. The number of amides is 1.